The fourth-order valence-corrected chi connectivity index (χ4v) is 2.08. The van der Waals surface area contributed by atoms with Gasteiger partial charge in [0.1, 0.15) is 17.4 Å². The van der Waals surface area contributed by atoms with Crippen LogP contribution in [0.25, 0.3) is 0 Å². The molecular weight excluding hydrogens is 300 g/mol. The van der Waals surface area contributed by atoms with E-state index in [0.29, 0.717) is 17.4 Å². The van der Waals surface area contributed by atoms with Gasteiger partial charge in [-0.1, -0.05) is 0 Å². The standard InChI is InChI=1S/C15H14N4O2S/c1-2-21-13-5-3-12(4-6-13)19-14(20)11(9-16)10-18-15-17-7-8-22-15/h3-8,10H,2H2,1H3,(H,17,18)(H,19,20)/b11-10-. The van der Waals surface area contributed by atoms with Crippen molar-refractivity contribution < 1.29 is 9.53 Å². The van der Waals surface area contributed by atoms with Gasteiger partial charge in [-0.3, -0.25) is 4.79 Å². The Hall–Kier alpha value is -2.85. The van der Waals surface area contributed by atoms with Crippen molar-refractivity contribution in [1.82, 2.24) is 4.98 Å². The predicted octanol–water partition coefficient (Wildman–Crippen LogP) is 3.00. The van der Waals surface area contributed by atoms with E-state index in [9.17, 15) is 4.79 Å². The van der Waals surface area contributed by atoms with Gasteiger partial charge in [0.15, 0.2) is 5.13 Å². The van der Waals surface area contributed by atoms with E-state index < -0.39 is 5.91 Å². The van der Waals surface area contributed by atoms with Gasteiger partial charge in [0, 0.05) is 23.5 Å². The molecule has 0 saturated heterocycles. The van der Waals surface area contributed by atoms with E-state index in [1.54, 1.807) is 35.8 Å². The van der Waals surface area contributed by atoms with E-state index in [1.807, 2.05) is 13.0 Å². The predicted molar refractivity (Wildman–Crippen MR) is 85.7 cm³/mol. The molecule has 0 aliphatic heterocycles. The van der Waals surface area contributed by atoms with Crippen LogP contribution >= 0.6 is 11.3 Å². The monoisotopic (exact) mass is 314 g/mol. The van der Waals surface area contributed by atoms with Gasteiger partial charge in [-0.2, -0.15) is 5.26 Å². The molecule has 2 N–H and O–H groups in total. The third-order valence-electron chi connectivity index (χ3n) is 2.56. The third kappa shape index (κ3) is 4.33. The second-order valence-electron chi connectivity index (χ2n) is 4.06. The highest BCUT2D eigenvalue weighted by molar-refractivity contribution is 7.13. The van der Waals surface area contributed by atoms with Crippen molar-refractivity contribution in [2.45, 2.75) is 6.92 Å². The van der Waals surface area contributed by atoms with Gasteiger partial charge in [0.05, 0.1) is 6.61 Å². The normalized spacial score (nSPS) is 10.6. The van der Waals surface area contributed by atoms with Crippen molar-refractivity contribution in [1.29, 1.82) is 5.26 Å². The van der Waals surface area contributed by atoms with E-state index in [1.165, 1.54) is 17.5 Å². The minimum absolute atomic E-state index is 0.0379. The van der Waals surface area contributed by atoms with E-state index in [2.05, 4.69) is 15.6 Å². The molecule has 0 aliphatic carbocycles. The maximum absolute atomic E-state index is 12.0. The van der Waals surface area contributed by atoms with Gasteiger partial charge < -0.3 is 15.4 Å². The third-order valence-corrected chi connectivity index (χ3v) is 3.26. The lowest BCUT2D eigenvalue weighted by Crippen LogP contribution is -2.14. The molecule has 0 bridgehead atoms. The number of rotatable bonds is 6. The largest absolute Gasteiger partial charge is 0.494 e. The summed E-state index contributed by atoms with van der Waals surface area (Å²) in [5, 5.41) is 16.9. The summed E-state index contributed by atoms with van der Waals surface area (Å²) in [7, 11) is 0. The molecule has 1 aromatic heterocycles. The zero-order chi connectivity index (χ0) is 15.8. The molecule has 0 atom stereocenters. The summed E-state index contributed by atoms with van der Waals surface area (Å²) in [6.45, 7) is 2.48. The fourth-order valence-electron chi connectivity index (χ4n) is 1.58. The first-order chi connectivity index (χ1) is 10.7. The van der Waals surface area contributed by atoms with Crippen molar-refractivity contribution in [3.63, 3.8) is 0 Å². The molecule has 112 valence electrons. The molecule has 0 saturated carbocycles. The maximum atomic E-state index is 12.0. The number of carbonyl (C=O) groups excluding carboxylic acids is 1. The Morgan fingerprint density at radius 3 is 2.82 bits per heavy atom. The Morgan fingerprint density at radius 2 is 2.23 bits per heavy atom. The first-order valence-corrected chi connectivity index (χ1v) is 7.41. The van der Waals surface area contributed by atoms with Crippen molar-refractivity contribution in [2.75, 3.05) is 17.2 Å². The number of aromatic nitrogens is 1. The van der Waals surface area contributed by atoms with Gasteiger partial charge in [0.25, 0.3) is 5.91 Å². The number of nitrogens with zero attached hydrogens (tertiary/aromatic N) is 2. The average Bonchev–Trinajstić information content (AvgIpc) is 3.03. The highest BCUT2D eigenvalue weighted by Crippen LogP contribution is 2.16. The quantitative estimate of drug-likeness (QED) is 0.632. The van der Waals surface area contributed by atoms with Gasteiger partial charge in [0.2, 0.25) is 0 Å². The number of amides is 1. The van der Waals surface area contributed by atoms with Crippen LogP contribution in [-0.2, 0) is 4.79 Å². The number of thiazole rings is 1. The summed E-state index contributed by atoms with van der Waals surface area (Å²) < 4.78 is 5.32. The number of hydrogen-bond donors (Lipinski definition) is 2. The second-order valence-corrected chi connectivity index (χ2v) is 4.96. The smallest absolute Gasteiger partial charge is 0.267 e. The number of ether oxygens (including phenoxy) is 1. The molecule has 22 heavy (non-hydrogen) atoms. The Morgan fingerprint density at radius 1 is 1.45 bits per heavy atom. The number of benzene rings is 1. The molecule has 0 spiro atoms. The fraction of sp³-hybridized carbons (Fsp3) is 0.133. The zero-order valence-corrected chi connectivity index (χ0v) is 12.7. The van der Waals surface area contributed by atoms with E-state index in [-0.39, 0.29) is 5.57 Å². The number of hydrogen-bond acceptors (Lipinski definition) is 6. The van der Waals surface area contributed by atoms with E-state index in [0.717, 1.165) is 5.75 Å². The van der Waals surface area contributed by atoms with Crippen molar-refractivity contribution >= 4 is 28.1 Å². The summed E-state index contributed by atoms with van der Waals surface area (Å²) in [6, 6.07) is 8.79. The highest BCUT2D eigenvalue weighted by atomic mass is 32.1. The zero-order valence-electron chi connectivity index (χ0n) is 11.9. The summed E-state index contributed by atoms with van der Waals surface area (Å²) in [6.07, 6.45) is 2.97. The lowest BCUT2D eigenvalue weighted by molar-refractivity contribution is -0.112. The van der Waals surface area contributed by atoms with Crippen LogP contribution in [0.1, 0.15) is 6.92 Å². The van der Waals surface area contributed by atoms with Crippen molar-refractivity contribution in [2.24, 2.45) is 0 Å². The molecule has 0 unspecified atom stereocenters. The van der Waals surface area contributed by atoms with Crippen LogP contribution in [0.5, 0.6) is 5.75 Å². The minimum Gasteiger partial charge on any atom is -0.494 e. The Balaban J connectivity index is 1.99. The molecule has 1 amide bonds. The molecule has 1 aromatic carbocycles. The molecule has 0 fully saturated rings. The summed E-state index contributed by atoms with van der Waals surface area (Å²) in [5.41, 5.74) is 0.549. The first-order valence-electron chi connectivity index (χ1n) is 6.53. The molecule has 2 aromatic rings. The lowest BCUT2D eigenvalue weighted by Gasteiger charge is -2.06. The summed E-state index contributed by atoms with van der Waals surface area (Å²) >= 11 is 1.38. The summed E-state index contributed by atoms with van der Waals surface area (Å²) in [5.74, 6) is 0.234. The van der Waals surface area contributed by atoms with Gasteiger partial charge in [-0.25, -0.2) is 4.98 Å². The maximum Gasteiger partial charge on any atom is 0.267 e. The van der Waals surface area contributed by atoms with Crippen LogP contribution < -0.4 is 15.4 Å². The Bertz CT molecular complexity index is 687. The SMILES string of the molecule is CCOc1ccc(NC(=O)/C(C#N)=C\Nc2nccs2)cc1. The molecule has 7 heteroatoms. The van der Waals surface area contributed by atoms with Gasteiger partial charge in [-0.15, -0.1) is 11.3 Å². The Kier molecular flexibility index (Phi) is 5.51. The number of nitriles is 1. The van der Waals surface area contributed by atoms with Crippen LogP contribution in [0.4, 0.5) is 10.8 Å². The van der Waals surface area contributed by atoms with Crippen LogP contribution in [0.15, 0.2) is 47.6 Å². The number of anilines is 2. The molecule has 6 nitrogen and oxygen atoms in total. The molecule has 0 aliphatic rings. The minimum atomic E-state index is -0.490. The molecule has 1 heterocycles. The first kappa shape index (κ1) is 15.5. The lowest BCUT2D eigenvalue weighted by atomic mass is 10.2. The second kappa shape index (κ2) is 7.81. The van der Waals surface area contributed by atoms with Gasteiger partial charge in [-0.05, 0) is 31.2 Å². The van der Waals surface area contributed by atoms with Crippen LogP contribution in [0.2, 0.25) is 0 Å². The van der Waals surface area contributed by atoms with Gasteiger partial charge >= 0.3 is 0 Å². The van der Waals surface area contributed by atoms with Crippen LogP contribution in [0.3, 0.4) is 0 Å². The molecule has 0 radical (unpaired) electrons. The number of nitrogens with one attached hydrogen (secondary N) is 2. The Labute approximate surface area is 132 Å². The highest BCUT2D eigenvalue weighted by Gasteiger charge is 2.09. The molecule has 2 rings (SSSR count). The van der Waals surface area contributed by atoms with E-state index in [4.69, 9.17) is 10.00 Å². The topological polar surface area (TPSA) is 87.0 Å². The van der Waals surface area contributed by atoms with E-state index >= 15 is 0 Å². The summed E-state index contributed by atoms with van der Waals surface area (Å²) in [4.78, 5) is 16.0. The number of carbonyl (C=O) groups is 1. The van der Waals surface area contributed by atoms with Crippen LogP contribution in [0, 0.1) is 11.3 Å². The van der Waals surface area contributed by atoms with Crippen molar-refractivity contribution in [3.8, 4) is 11.8 Å². The molecular formula is C15H14N4O2S. The van der Waals surface area contributed by atoms with Crippen molar-refractivity contribution in [3.05, 3.63) is 47.6 Å². The van der Waals surface area contributed by atoms with Crippen LogP contribution in [-0.4, -0.2) is 17.5 Å². The average molecular weight is 314 g/mol.